The molecule has 0 amide bonds. The highest BCUT2D eigenvalue weighted by Gasteiger charge is 2.14. The highest BCUT2D eigenvalue weighted by molar-refractivity contribution is 7.92. The van der Waals surface area contributed by atoms with E-state index < -0.39 is 10.0 Å². The molecule has 2 aromatic carbocycles. The Bertz CT molecular complexity index is 1170. The first kappa shape index (κ1) is 18.4. The van der Waals surface area contributed by atoms with Gasteiger partial charge in [-0.1, -0.05) is 11.3 Å². The lowest BCUT2D eigenvalue weighted by Gasteiger charge is -2.09. The fraction of sp³-hybridized carbons (Fsp3) is 0.100. The molecule has 0 bridgehead atoms. The number of hydrogen-bond acceptors (Lipinski definition) is 6. The van der Waals surface area contributed by atoms with Gasteiger partial charge in [-0.2, -0.15) is 0 Å². The van der Waals surface area contributed by atoms with Crippen LogP contribution in [0.2, 0.25) is 0 Å². The second kappa shape index (κ2) is 7.57. The number of nitrogens with zero attached hydrogens (tertiary/aromatic N) is 2. The third-order valence-electron chi connectivity index (χ3n) is 4.00. The van der Waals surface area contributed by atoms with Crippen molar-refractivity contribution in [3.05, 3.63) is 66.9 Å². The number of thiazole rings is 1. The van der Waals surface area contributed by atoms with Crippen molar-refractivity contribution in [2.45, 2.75) is 11.8 Å². The van der Waals surface area contributed by atoms with E-state index in [1.54, 1.807) is 30.5 Å². The first-order valence-electron chi connectivity index (χ1n) is 8.63. The summed E-state index contributed by atoms with van der Waals surface area (Å²) in [5.41, 5.74) is 2.24. The van der Waals surface area contributed by atoms with Gasteiger partial charge in [-0.05, 0) is 67.6 Å². The van der Waals surface area contributed by atoms with Gasteiger partial charge in [0.25, 0.3) is 10.0 Å². The van der Waals surface area contributed by atoms with Crippen LogP contribution in [0.25, 0.3) is 20.9 Å². The van der Waals surface area contributed by atoms with Gasteiger partial charge in [-0.3, -0.25) is 4.72 Å². The predicted octanol–water partition coefficient (Wildman–Crippen LogP) is 4.56. The highest BCUT2D eigenvalue weighted by Crippen LogP contribution is 2.29. The van der Waals surface area contributed by atoms with Crippen molar-refractivity contribution in [3.63, 3.8) is 0 Å². The van der Waals surface area contributed by atoms with Gasteiger partial charge in [-0.15, -0.1) is 0 Å². The van der Waals surface area contributed by atoms with E-state index >= 15 is 0 Å². The van der Waals surface area contributed by atoms with E-state index in [0.29, 0.717) is 18.0 Å². The zero-order chi connectivity index (χ0) is 19.6. The third-order valence-corrected chi connectivity index (χ3v) is 6.42. The van der Waals surface area contributed by atoms with Crippen molar-refractivity contribution in [1.82, 2.24) is 9.97 Å². The first-order valence-corrected chi connectivity index (χ1v) is 10.9. The Morgan fingerprint density at radius 3 is 2.46 bits per heavy atom. The molecule has 0 fully saturated rings. The Labute approximate surface area is 166 Å². The number of rotatable bonds is 6. The smallest absolute Gasteiger partial charge is 0.261 e. The Kier molecular flexibility index (Phi) is 4.97. The van der Waals surface area contributed by atoms with Gasteiger partial charge >= 0.3 is 0 Å². The molecule has 0 radical (unpaired) electrons. The summed E-state index contributed by atoms with van der Waals surface area (Å²) in [7, 11) is -3.67. The average molecular weight is 412 g/mol. The van der Waals surface area contributed by atoms with Crippen molar-refractivity contribution >= 4 is 37.4 Å². The summed E-state index contributed by atoms with van der Waals surface area (Å²) in [6, 6.07) is 17.2. The molecule has 28 heavy (non-hydrogen) atoms. The largest absolute Gasteiger partial charge is 0.494 e. The quantitative estimate of drug-likeness (QED) is 0.503. The van der Waals surface area contributed by atoms with E-state index in [9.17, 15) is 8.42 Å². The minimum Gasteiger partial charge on any atom is -0.494 e. The molecule has 4 aromatic rings. The first-order chi connectivity index (χ1) is 13.5. The monoisotopic (exact) mass is 411 g/mol. The number of pyridine rings is 1. The number of benzene rings is 2. The molecule has 4 rings (SSSR count). The molecule has 0 atom stereocenters. The van der Waals surface area contributed by atoms with Crippen molar-refractivity contribution < 1.29 is 13.2 Å². The number of hydrogen-bond donors (Lipinski definition) is 1. The number of aromatic nitrogens is 2. The molecule has 2 heterocycles. The van der Waals surface area contributed by atoms with E-state index in [1.807, 2.05) is 31.2 Å². The van der Waals surface area contributed by atoms with Crippen LogP contribution in [0.3, 0.4) is 0 Å². The molecular formula is C20H17N3O3S2. The Morgan fingerprint density at radius 1 is 1.04 bits per heavy atom. The topological polar surface area (TPSA) is 81.2 Å². The van der Waals surface area contributed by atoms with Crippen molar-refractivity contribution in [2.75, 3.05) is 11.3 Å². The minimum absolute atomic E-state index is 0.178. The molecule has 0 unspecified atom stereocenters. The van der Waals surface area contributed by atoms with Crippen LogP contribution < -0.4 is 9.46 Å². The van der Waals surface area contributed by atoms with Gasteiger partial charge < -0.3 is 4.74 Å². The van der Waals surface area contributed by atoms with Gasteiger partial charge in [0.15, 0.2) is 0 Å². The maximum absolute atomic E-state index is 12.6. The van der Waals surface area contributed by atoms with E-state index in [4.69, 9.17) is 4.74 Å². The van der Waals surface area contributed by atoms with Gasteiger partial charge in [0.2, 0.25) is 0 Å². The zero-order valence-corrected chi connectivity index (χ0v) is 16.6. The third kappa shape index (κ3) is 3.83. The van der Waals surface area contributed by atoms with Crippen LogP contribution >= 0.6 is 11.3 Å². The van der Waals surface area contributed by atoms with Crippen molar-refractivity contribution in [1.29, 1.82) is 0 Å². The molecule has 8 heteroatoms. The summed E-state index contributed by atoms with van der Waals surface area (Å²) >= 11 is 1.50. The molecule has 0 aliphatic carbocycles. The maximum Gasteiger partial charge on any atom is 0.261 e. The molecule has 0 aliphatic heterocycles. The normalized spacial score (nSPS) is 11.5. The van der Waals surface area contributed by atoms with Crippen LogP contribution in [0, 0.1) is 0 Å². The number of anilines is 1. The number of sulfonamides is 1. The van der Waals surface area contributed by atoms with E-state index in [-0.39, 0.29) is 4.90 Å². The van der Waals surface area contributed by atoms with Crippen LogP contribution in [0.4, 0.5) is 5.69 Å². The zero-order valence-electron chi connectivity index (χ0n) is 15.0. The molecular weight excluding hydrogens is 394 g/mol. The van der Waals surface area contributed by atoms with Gasteiger partial charge in [0, 0.05) is 17.4 Å². The van der Waals surface area contributed by atoms with E-state index in [2.05, 4.69) is 14.7 Å². The van der Waals surface area contributed by atoms with Crippen LogP contribution in [-0.2, 0) is 10.0 Å². The molecule has 0 spiro atoms. The fourth-order valence-electron chi connectivity index (χ4n) is 2.67. The molecule has 142 valence electrons. The SMILES string of the molecule is CCOc1ccc(S(=O)(=O)Nc2ccc(-c3nc4cccnc4s3)cc2)cc1. The minimum atomic E-state index is -3.67. The molecule has 2 aromatic heterocycles. The molecule has 0 saturated carbocycles. The molecule has 0 aliphatic rings. The second-order valence-electron chi connectivity index (χ2n) is 5.93. The second-order valence-corrected chi connectivity index (χ2v) is 8.59. The predicted molar refractivity (Wildman–Crippen MR) is 111 cm³/mol. The Hall–Kier alpha value is -2.97. The lowest BCUT2D eigenvalue weighted by atomic mass is 10.2. The fourth-order valence-corrected chi connectivity index (χ4v) is 4.64. The summed E-state index contributed by atoms with van der Waals surface area (Å²) in [6.45, 7) is 2.40. The summed E-state index contributed by atoms with van der Waals surface area (Å²) in [6.07, 6.45) is 1.74. The summed E-state index contributed by atoms with van der Waals surface area (Å²) in [4.78, 5) is 9.91. The van der Waals surface area contributed by atoms with Gasteiger partial charge in [-0.25, -0.2) is 18.4 Å². The molecule has 6 nitrogen and oxygen atoms in total. The van der Waals surface area contributed by atoms with Crippen molar-refractivity contribution in [2.24, 2.45) is 0 Å². The van der Waals surface area contributed by atoms with Crippen molar-refractivity contribution in [3.8, 4) is 16.3 Å². The van der Waals surface area contributed by atoms with Crippen LogP contribution in [0.15, 0.2) is 71.8 Å². The lowest BCUT2D eigenvalue weighted by Crippen LogP contribution is -2.12. The maximum atomic E-state index is 12.6. The van der Waals surface area contributed by atoms with E-state index in [1.165, 1.54) is 23.5 Å². The van der Waals surface area contributed by atoms with Gasteiger partial charge in [0.05, 0.1) is 11.5 Å². The Balaban J connectivity index is 1.53. The Morgan fingerprint density at radius 2 is 1.79 bits per heavy atom. The van der Waals surface area contributed by atoms with Crippen LogP contribution in [0.5, 0.6) is 5.75 Å². The van der Waals surface area contributed by atoms with Crippen LogP contribution in [0.1, 0.15) is 6.92 Å². The molecule has 1 N–H and O–H groups in total. The standard InChI is InChI=1S/C20H17N3O3S2/c1-2-26-16-9-11-17(12-10-16)28(24,25)23-15-7-5-14(6-8-15)19-22-18-4-3-13-21-20(18)27-19/h3-13,23H,2H2,1H3. The number of ether oxygens (including phenoxy) is 1. The summed E-state index contributed by atoms with van der Waals surface area (Å²) in [5, 5.41) is 0.842. The summed E-state index contributed by atoms with van der Waals surface area (Å²) in [5.74, 6) is 0.635. The average Bonchev–Trinajstić information content (AvgIpc) is 3.13. The van der Waals surface area contributed by atoms with Crippen LogP contribution in [-0.4, -0.2) is 25.0 Å². The van der Waals surface area contributed by atoms with E-state index in [0.717, 1.165) is 20.9 Å². The van der Waals surface area contributed by atoms with Gasteiger partial charge in [0.1, 0.15) is 21.1 Å². The number of fused-ring (bicyclic) bond motifs is 1. The number of nitrogens with one attached hydrogen (secondary N) is 1. The highest BCUT2D eigenvalue weighted by atomic mass is 32.2. The lowest BCUT2D eigenvalue weighted by molar-refractivity contribution is 0.340. The summed E-state index contributed by atoms with van der Waals surface area (Å²) < 4.78 is 33.1. The molecule has 0 saturated heterocycles.